The van der Waals surface area contributed by atoms with Gasteiger partial charge < -0.3 is 10.2 Å². The molecule has 0 aliphatic rings. The van der Waals surface area contributed by atoms with E-state index in [1.165, 1.54) is 0 Å². The number of imidazole rings is 1. The molecule has 1 unspecified atom stereocenters. The predicted octanol–water partition coefficient (Wildman–Crippen LogP) is 4.41. The van der Waals surface area contributed by atoms with Crippen LogP contribution in [0.25, 0.3) is 4.96 Å². The first-order valence-corrected chi connectivity index (χ1v) is 10.5. The molecule has 2 amide bonds. The average Bonchev–Trinajstić information content (AvgIpc) is 3.35. The molecule has 6 nitrogen and oxygen atoms in total. The molecule has 4 aromatic rings. The molecular formula is C23H22N4O2S. The molecular weight excluding hydrogens is 396 g/mol. The van der Waals surface area contributed by atoms with E-state index in [-0.39, 0.29) is 24.3 Å². The third kappa shape index (κ3) is 4.26. The van der Waals surface area contributed by atoms with E-state index in [0.29, 0.717) is 11.3 Å². The van der Waals surface area contributed by atoms with Gasteiger partial charge in [0.2, 0.25) is 5.91 Å². The molecule has 2 aromatic carbocycles. The molecule has 0 aliphatic carbocycles. The number of hydrogen-bond donors (Lipinski definition) is 1. The van der Waals surface area contributed by atoms with E-state index in [9.17, 15) is 9.59 Å². The summed E-state index contributed by atoms with van der Waals surface area (Å²) in [6, 6.07) is 16.5. The Hall–Kier alpha value is -3.45. The second-order valence-electron chi connectivity index (χ2n) is 7.13. The molecule has 0 saturated carbocycles. The Balaban J connectivity index is 1.43. The zero-order valence-corrected chi connectivity index (χ0v) is 17.6. The third-order valence-electron chi connectivity index (χ3n) is 5.11. The van der Waals surface area contributed by atoms with Crippen LogP contribution in [-0.2, 0) is 11.2 Å². The lowest BCUT2D eigenvalue weighted by atomic mass is 10.1. The van der Waals surface area contributed by atoms with Crippen molar-refractivity contribution in [3.05, 3.63) is 89.2 Å². The SMILES string of the molecule is CC(c1cccc(NC(=O)c2ccccc2)c1)N(C)C(=O)Cc1cn2ccsc2n1. The van der Waals surface area contributed by atoms with Gasteiger partial charge in [0.25, 0.3) is 5.91 Å². The standard InChI is InChI=1S/C23H22N4O2S/c1-16(26(2)21(28)14-20-15-27-11-12-30-23(27)25-20)18-9-6-10-19(13-18)24-22(29)17-7-4-3-5-8-17/h3-13,15-16H,14H2,1-2H3,(H,24,29). The van der Waals surface area contributed by atoms with Crippen LogP contribution in [0, 0.1) is 0 Å². The summed E-state index contributed by atoms with van der Waals surface area (Å²) in [5, 5.41) is 4.88. The van der Waals surface area contributed by atoms with Crippen LogP contribution in [-0.4, -0.2) is 33.1 Å². The average molecular weight is 419 g/mol. The molecule has 1 N–H and O–H groups in total. The summed E-state index contributed by atoms with van der Waals surface area (Å²) >= 11 is 1.54. The van der Waals surface area contributed by atoms with Crippen molar-refractivity contribution < 1.29 is 9.59 Å². The number of hydrogen-bond acceptors (Lipinski definition) is 4. The summed E-state index contributed by atoms with van der Waals surface area (Å²) in [5.74, 6) is -0.170. The summed E-state index contributed by atoms with van der Waals surface area (Å²) in [6.07, 6.45) is 4.07. The number of nitrogens with zero attached hydrogens (tertiary/aromatic N) is 3. The molecule has 2 heterocycles. The van der Waals surface area contributed by atoms with E-state index in [1.807, 2.05) is 71.6 Å². The normalized spacial score (nSPS) is 11.9. The van der Waals surface area contributed by atoms with Crippen molar-refractivity contribution in [1.82, 2.24) is 14.3 Å². The van der Waals surface area contributed by atoms with Gasteiger partial charge in [0.05, 0.1) is 18.2 Å². The number of aromatic nitrogens is 2. The molecule has 7 heteroatoms. The van der Waals surface area contributed by atoms with Crippen LogP contribution < -0.4 is 5.32 Å². The highest BCUT2D eigenvalue weighted by atomic mass is 32.1. The van der Waals surface area contributed by atoms with Crippen molar-refractivity contribution in [3.63, 3.8) is 0 Å². The lowest BCUT2D eigenvalue weighted by Crippen LogP contribution is -2.31. The van der Waals surface area contributed by atoms with Gasteiger partial charge in [-0.2, -0.15) is 0 Å². The molecule has 0 bridgehead atoms. The quantitative estimate of drug-likeness (QED) is 0.504. The van der Waals surface area contributed by atoms with Gasteiger partial charge in [-0.05, 0) is 36.8 Å². The number of nitrogens with one attached hydrogen (secondary N) is 1. The summed E-state index contributed by atoms with van der Waals surface area (Å²) < 4.78 is 1.93. The van der Waals surface area contributed by atoms with Crippen molar-refractivity contribution in [1.29, 1.82) is 0 Å². The maximum Gasteiger partial charge on any atom is 0.255 e. The number of carbonyl (C=O) groups excluding carboxylic acids is 2. The minimum atomic E-state index is -0.162. The van der Waals surface area contributed by atoms with E-state index in [1.54, 1.807) is 35.4 Å². The molecule has 152 valence electrons. The highest BCUT2D eigenvalue weighted by molar-refractivity contribution is 7.15. The number of fused-ring (bicyclic) bond motifs is 1. The first-order chi connectivity index (χ1) is 14.5. The van der Waals surface area contributed by atoms with E-state index in [2.05, 4.69) is 10.3 Å². The Kier molecular flexibility index (Phi) is 5.63. The third-order valence-corrected chi connectivity index (χ3v) is 5.88. The van der Waals surface area contributed by atoms with Gasteiger partial charge in [-0.1, -0.05) is 30.3 Å². The number of amides is 2. The van der Waals surface area contributed by atoms with Crippen LogP contribution in [0.3, 0.4) is 0 Å². The molecule has 0 fully saturated rings. The van der Waals surface area contributed by atoms with Gasteiger partial charge in [0, 0.05) is 36.1 Å². The number of likely N-dealkylation sites (N-methyl/N-ethyl adjacent to an activating group) is 1. The zero-order valence-electron chi connectivity index (χ0n) is 16.8. The molecule has 0 radical (unpaired) electrons. The van der Waals surface area contributed by atoms with Crippen molar-refractivity contribution in [3.8, 4) is 0 Å². The van der Waals surface area contributed by atoms with E-state index < -0.39 is 0 Å². The van der Waals surface area contributed by atoms with Crippen LogP contribution >= 0.6 is 11.3 Å². The highest BCUT2D eigenvalue weighted by Crippen LogP contribution is 2.23. The van der Waals surface area contributed by atoms with E-state index in [4.69, 9.17) is 0 Å². The molecule has 0 aliphatic heterocycles. The number of rotatable bonds is 6. The van der Waals surface area contributed by atoms with Gasteiger partial charge in [0.1, 0.15) is 0 Å². The second-order valence-corrected chi connectivity index (χ2v) is 8.00. The van der Waals surface area contributed by atoms with Crippen LogP contribution in [0.4, 0.5) is 5.69 Å². The Morgan fingerprint density at radius 3 is 2.73 bits per heavy atom. The van der Waals surface area contributed by atoms with Crippen molar-refractivity contribution in [2.45, 2.75) is 19.4 Å². The minimum Gasteiger partial charge on any atom is -0.339 e. The summed E-state index contributed by atoms with van der Waals surface area (Å²) in [6.45, 7) is 1.97. The molecule has 0 spiro atoms. The smallest absolute Gasteiger partial charge is 0.255 e. The molecule has 30 heavy (non-hydrogen) atoms. The van der Waals surface area contributed by atoms with Gasteiger partial charge in [-0.3, -0.25) is 14.0 Å². The number of thiazole rings is 1. The first kappa shape index (κ1) is 19.8. The Labute approximate surface area is 178 Å². The van der Waals surface area contributed by atoms with Gasteiger partial charge in [0.15, 0.2) is 4.96 Å². The second kappa shape index (κ2) is 8.51. The van der Waals surface area contributed by atoms with Crippen LogP contribution in [0.1, 0.15) is 34.6 Å². The molecule has 1 atom stereocenters. The van der Waals surface area contributed by atoms with Crippen molar-refractivity contribution >= 4 is 33.8 Å². The minimum absolute atomic E-state index is 0.00743. The van der Waals surface area contributed by atoms with Gasteiger partial charge in [-0.25, -0.2) is 4.98 Å². The van der Waals surface area contributed by atoms with Crippen molar-refractivity contribution in [2.75, 3.05) is 12.4 Å². The fraction of sp³-hybridized carbons (Fsp3) is 0.174. The number of carbonyl (C=O) groups is 2. The fourth-order valence-corrected chi connectivity index (χ4v) is 3.97. The van der Waals surface area contributed by atoms with Crippen LogP contribution in [0.15, 0.2) is 72.4 Å². The van der Waals surface area contributed by atoms with Crippen molar-refractivity contribution in [2.24, 2.45) is 0 Å². The maximum atomic E-state index is 12.8. The van der Waals surface area contributed by atoms with Gasteiger partial charge in [-0.15, -0.1) is 11.3 Å². The molecule has 2 aromatic heterocycles. The Bertz CT molecular complexity index is 1150. The monoisotopic (exact) mass is 418 g/mol. The van der Waals surface area contributed by atoms with E-state index in [0.717, 1.165) is 16.2 Å². The first-order valence-electron chi connectivity index (χ1n) is 9.64. The summed E-state index contributed by atoms with van der Waals surface area (Å²) in [7, 11) is 1.79. The Morgan fingerprint density at radius 1 is 1.17 bits per heavy atom. The number of anilines is 1. The largest absolute Gasteiger partial charge is 0.339 e. The topological polar surface area (TPSA) is 66.7 Å². The summed E-state index contributed by atoms with van der Waals surface area (Å²) in [5.41, 5.74) is 3.00. The number of benzene rings is 2. The lowest BCUT2D eigenvalue weighted by Gasteiger charge is -2.25. The lowest BCUT2D eigenvalue weighted by molar-refractivity contribution is -0.131. The van der Waals surface area contributed by atoms with Crippen LogP contribution in [0.2, 0.25) is 0 Å². The zero-order chi connectivity index (χ0) is 21.1. The van der Waals surface area contributed by atoms with Crippen LogP contribution in [0.5, 0.6) is 0 Å². The maximum absolute atomic E-state index is 12.8. The summed E-state index contributed by atoms with van der Waals surface area (Å²) in [4.78, 5) is 32.3. The van der Waals surface area contributed by atoms with Gasteiger partial charge >= 0.3 is 0 Å². The molecule has 4 rings (SSSR count). The van der Waals surface area contributed by atoms with E-state index >= 15 is 0 Å². The highest BCUT2D eigenvalue weighted by Gasteiger charge is 2.19. The Morgan fingerprint density at radius 2 is 1.97 bits per heavy atom. The predicted molar refractivity (Wildman–Crippen MR) is 119 cm³/mol. The molecule has 0 saturated heterocycles. The fourth-order valence-electron chi connectivity index (χ4n) is 3.25.